The Hall–Kier alpha value is -0.100. The molecule has 0 aliphatic heterocycles. The molecule has 20 heavy (non-hydrogen) atoms. The number of hydrogen-bond acceptors (Lipinski definition) is 3. The predicted molar refractivity (Wildman–Crippen MR) is 87.9 cm³/mol. The number of thiophene rings is 1. The van der Waals surface area contributed by atoms with Crippen LogP contribution < -0.4 is 11.5 Å². The molecule has 0 bridgehead atoms. The van der Waals surface area contributed by atoms with Crippen molar-refractivity contribution < 1.29 is 4.79 Å². The Morgan fingerprint density at radius 2 is 2.10 bits per heavy atom. The lowest BCUT2D eigenvalue weighted by molar-refractivity contribution is -0.121. The number of hydrogen-bond donors (Lipinski definition) is 2. The van der Waals surface area contributed by atoms with Crippen LogP contribution in [0.2, 0.25) is 4.34 Å². The van der Waals surface area contributed by atoms with E-state index in [1.54, 1.807) is 0 Å². The summed E-state index contributed by atoms with van der Waals surface area (Å²) in [7, 11) is 0. The number of rotatable bonds is 5. The van der Waals surface area contributed by atoms with E-state index in [4.69, 9.17) is 23.1 Å². The molecule has 1 heterocycles. The molecule has 0 saturated heterocycles. The van der Waals surface area contributed by atoms with Gasteiger partial charge in [-0.05, 0) is 46.7 Å². The minimum atomic E-state index is -0.218. The third-order valence-corrected chi connectivity index (χ3v) is 6.75. The molecule has 1 fully saturated rings. The third kappa shape index (κ3) is 3.97. The van der Waals surface area contributed by atoms with Crippen molar-refractivity contribution in [2.45, 2.75) is 51.0 Å². The molecule has 1 unspecified atom stereocenters. The maximum absolute atomic E-state index is 11.4. The zero-order chi connectivity index (χ0) is 14.8. The van der Waals surface area contributed by atoms with Gasteiger partial charge in [-0.3, -0.25) is 4.79 Å². The highest BCUT2D eigenvalue weighted by molar-refractivity contribution is 9.10. The fraction of sp³-hybridized carbons (Fsp3) is 0.643. The maximum atomic E-state index is 11.4. The Labute approximate surface area is 137 Å². The molecule has 6 heteroatoms. The van der Waals surface area contributed by atoms with Gasteiger partial charge in [-0.2, -0.15) is 0 Å². The summed E-state index contributed by atoms with van der Waals surface area (Å²) in [4.78, 5) is 12.5. The van der Waals surface area contributed by atoms with Gasteiger partial charge in [0.05, 0.1) is 0 Å². The molecule has 2 rings (SSSR count). The van der Waals surface area contributed by atoms with Gasteiger partial charge < -0.3 is 11.5 Å². The fourth-order valence-corrected chi connectivity index (χ4v) is 4.98. The molecule has 1 amide bonds. The second-order valence-electron chi connectivity index (χ2n) is 5.78. The summed E-state index contributed by atoms with van der Waals surface area (Å²) in [5.41, 5.74) is 11.8. The second kappa shape index (κ2) is 6.77. The highest BCUT2D eigenvalue weighted by atomic mass is 79.9. The van der Waals surface area contributed by atoms with Gasteiger partial charge in [-0.1, -0.05) is 30.9 Å². The predicted octanol–water partition coefficient (Wildman–Crippen LogP) is 4.38. The van der Waals surface area contributed by atoms with Gasteiger partial charge in [0.25, 0.3) is 0 Å². The van der Waals surface area contributed by atoms with Crippen LogP contribution in [0.3, 0.4) is 0 Å². The third-order valence-electron chi connectivity index (χ3n) is 4.15. The summed E-state index contributed by atoms with van der Waals surface area (Å²) in [6, 6.07) is 1.90. The van der Waals surface area contributed by atoms with Gasteiger partial charge in [0, 0.05) is 21.8 Å². The minimum Gasteiger partial charge on any atom is -0.370 e. The van der Waals surface area contributed by atoms with Crippen LogP contribution in [0, 0.1) is 5.41 Å². The van der Waals surface area contributed by atoms with Gasteiger partial charge in [-0.15, -0.1) is 11.3 Å². The van der Waals surface area contributed by atoms with Crippen LogP contribution in [-0.2, 0) is 4.79 Å². The Balaban J connectivity index is 2.12. The van der Waals surface area contributed by atoms with E-state index in [1.807, 2.05) is 6.07 Å². The fourth-order valence-electron chi connectivity index (χ4n) is 3.24. The number of carbonyl (C=O) groups excluding carboxylic acids is 1. The van der Waals surface area contributed by atoms with Crippen LogP contribution in [0.1, 0.15) is 55.9 Å². The lowest BCUT2D eigenvalue weighted by Crippen LogP contribution is -2.33. The van der Waals surface area contributed by atoms with E-state index >= 15 is 0 Å². The Kier molecular flexibility index (Phi) is 5.51. The quantitative estimate of drug-likeness (QED) is 0.797. The molecule has 1 aliphatic carbocycles. The van der Waals surface area contributed by atoms with Crippen LogP contribution in [-0.4, -0.2) is 5.91 Å². The SMILES string of the molecule is NC(=O)CC1(CC(N)c2cc(Br)c(Cl)s2)CCCCC1. The standard InChI is InChI=1S/C14H20BrClN2OS/c15-9-6-11(20-13(9)16)10(17)7-14(8-12(18)19)4-2-1-3-5-14/h6,10H,1-5,7-8,17H2,(H2,18,19). The largest absolute Gasteiger partial charge is 0.370 e. The first-order valence-electron chi connectivity index (χ1n) is 6.90. The van der Waals surface area contributed by atoms with E-state index in [0.29, 0.717) is 6.42 Å². The van der Waals surface area contributed by atoms with Crippen molar-refractivity contribution in [2.75, 3.05) is 0 Å². The average Bonchev–Trinajstić information content (AvgIpc) is 2.69. The van der Waals surface area contributed by atoms with Gasteiger partial charge in [0.15, 0.2) is 0 Å². The molecule has 112 valence electrons. The lowest BCUT2D eigenvalue weighted by Gasteiger charge is -2.38. The topological polar surface area (TPSA) is 69.1 Å². The van der Waals surface area contributed by atoms with Crippen LogP contribution in [0.15, 0.2) is 10.5 Å². The average molecular weight is 380 g/mol. The van der Waals surface area contributed by atoms with Crippen molar-refractivity contribution in [1.82, 2.24) is 0 Å². The molecule has 3 nitrogen and oxygen atoms in total. The highest BCUT2D eigenvalue weighted by Crippen LogP contribution is 2.46. The molecule has 0 aromatic carbocycles. The molecule has 1 aromatic rings. The van der Waals surface area contributed by atoms with Gasteiger partial charge >= 0.3 is 0 Å². The van der Waals surface area contributed by atoms with Crippen molar-refractivity contribution in [3.05, 3.63) is 19.8 Å². The summed E-state index contributed by atoms with van der Waals surface area (Å²) < 4.78 is 1.62. The first-order valence-corrected chi connectivity index (χ1v) is 8.89. The first-order chi connectivity index (χ1) is 9.42. The van der Waals surface area contributed by atoms with E-state index in [2.05, 4.69) is 15.9 Å². The minimum absolute atomic E-state index is 0.0214. The van der Waals surface area contributed by atoms with Crippen molar-refractivity contribution in [3.8, 4) is 0 Å². The monoisotopic (exact) mass is 378 g/mol. The van der Waals surface area contributed by atoms with E-state index in [0.717, 1.165) is 45.8 Å². The van der Waals surface area contributed by atoms with Crippen LogP contribution in [0.5, 0.6) is 0 Å². The summed E-state index contributed by atoms with van der Waals surface area (Å²) in [5.74, 6) is -0.218. The number of nitrogens with two attached hydrogens (primary N) is 2. The summed E-state index contributed by atoms with van der Waals surface area (Å²) in [6.45, 7) is 0. The van der Waals surface area contributed by atoms with Gasteiger partial charge in [0.2, 0.25) is 5.91 Å². The molecular weight excluding hydrogens is 360 g/mol. The molecule has 0 spiro atoms. The highest BCUT2D eigenvalue weighted by Gasteiger charge is 2.35. The Bertz CT molecular complexity index is 466. The first kappa shape index (κ1) is 16.3. The number of carbonyl (C=O) groups is 1. The Morgan fingerprint density at radius 3 is 2.60 bits per heavy atom. The number of primary amides is 1. The number of amides is 1. The van der Waals surface area contributed by atoms with Crippen molar-refractivity contribution >= 4 is 44.8 Å². The molecule has 1 saturated carbocycles. The molecule has 1 aliphatic rings. The zero-order valence-electron chi connectivity index (χ0n) is 11.3. The Morgan fingerprint density at radius 1 is 1.45 bits per heavy atom. The van der Waals surface area contributed by atoms with Crippen molar-refractivity contribution in [2.24, 2.45) is 16.9 Å². The summed E-state index contributed by atoms with van der Waals surface area (Å²) in [6.07, 6.45) is 6.91. The van der Waals surface area contributed by atoms with Crippen molar-refractivity contribution in [1.29, 1.82) is 0 Å². The molecular formula is C14H20BrClN2OS. The molecule has 4 N–H and O–H groups in total. The smallest absolute Gasteiger partial charge is 0.217 e. The maximum Gasteiger partial charge on any atom is 0.217 e. The summed E-state index contributed by atoms with van der Waals surface area (Å²) >= 11 is 11.0. The lowest BCUT2D eigenvalue weighted by atomic mass is 9.68. The molecule has 0 radical (unpaired) electrons. The van der Waals surface area contributed by atoms with Crippen LogP contribution in [0.4, 0.5) is 0 Å². The van der Waals surface area contributed by atoms with Gasteiger partial charge in [0.1, 0.15) is 4.34 Å². The molecule has 1 aromatic heterocycles. The second-order valence-corrected chi connectivity index (χ2v) is 8.32. The van der Waals surface area contributed by atoms with E-state index in [-0.39, 0.29) is 17.4 Å². The summed E-state index contributed by atoms with van der Waals surface area (Å²) in [5, 5.41) is 0. The normalized spacial score (nSPS) is 19.8. The van der Waals surface area contributed by atoms with E-state index in [1.165, 1.54) is 17.8 Å². The van der Waals surface area contributed by atoms with Gasteiger partial charge in [-0.25, -0.2) is 0 Å². The van der Waals surface area contributed by atoms with E-state index < -0.39 is 0 Å². The van der Waals surface area contributed by atoms with E-state index in [9.17, 15) is 4.79 Å². The zero-order valence-corrected chi connectivity index (χ0v) is 14.5. The molecule has 1 atom stereocenters. The van der Waals surface area contributed by atoms with Crippen molar-refractivity contribution in [3.63, 3.8) is 0 Å². The van der Waals surface area contributed by atoms with Crippen LogP contribution in [0.25, 0.3) is 0 Å². The van der Waals surface area contributed by atoms with Crippen LogP contribution >= 0.6 is 38.9 Å². The number of halogens is 2.